The van der Waals surface area contributed by atoms with Gasteiger partial charge in [-0.15, -0.1) is 0 Å². The van der Waals surface area contributed by atoms with Crippen LogP contribution in [-0.2, 0) is 35.3 Å². The van der Waals surface area contributed by atoms with Crippen molar-refractivity contribution in [2.45, 2.75) is 45.6 Å². The van der Waals surface area contributed by atoms with Gasteiger partial charge in [-0.05, 0) is 73.2 Å². The average molecular weight is 476 g/mol. The van der Waals surface area contributed by atoms with E-state index in [9.17, 15) is 9.18 Å². The number of fused-ring (bicyclic) bond motifs is 1. The lowest BCUT2D eigenvalue weighted by molar-refractivity contribution is -0.143. The molecule has 1 aromatic heterocycles. The highest BCUT2D eigenvalue weighted by Crippen LogP contribution is 2.31. The van der Waals surface area contributed by atoms with Crippen LogP contribution in [0, 0.1) is 5.82 Å². The summed E-state index contributed by atoms with van der Waals surface area (Å²) in [6, 6.07) is 17.9. The van der Waals surface area contributed by atoms with Crippen LogP contribution in [0.2, 0.25) is 0 Å². The summed E-state index contributed by atoms with van der Waals surface area (Å²) in [7, 11) is 1.99. The zero-order valence-corrected chi connectivity index (χ0v) is 20.7. The van der Waals surface area contributed by atoms with Crippen molar-refractivity contribution in [3.63, 3.8) is 0 Å². The topological polar surface area (TPSA) is 45.7 Å². The number of aryl methyl sites for hydroxylation is 1. The number of carbonyl (C=O) groups is 1. The van der Waals surface area contributed by atoms with E-state index < -0.39 is 0 Å². The molecule has 0 bridgehead atoms. The predicted molar refractivity (Wildman–Crippen MR) is 138 cm³/mol. The molecule has 1 aliphatic rings. The number of anilines is 2. The van der Waals surface area contributed by atoms with E-state index >= 15 is 0 Å². The molecule has 0 saturated carbocycles. The maximum atomic E-state index is 14.7. The first-order valence-corrected chi connectivity index (χ1v) is 12.5. The molecular weight excluding hydrogens is 441 g/mol. The van der Waals surface area contributed by atoms with Gasteiger partial charge < -0.3 is 14.5 Å². The summed E-state index contributed by atoms with van der Waals surface area (Å²) in [5, 5.41) is 0. The molecule has 184 valence electrons. The highest BCUT2D eigenvalue weighted by atomic mass is 19.1. The summed E-state index contributed by atoms with van der Waals surface area (Å²) >= 11 is 0. The second kappa shape index (κ2) is 11.8. The van der Waals surface area contributed by atoms with Gasteiger partial charge in [-0.1, -0.05) is 24.3 Å². The Bertz CT molecular complexity index is 1140. The van der Waals surface area contributed by atoms with E-state index in [1.165, 1.54) is 16.8 Å². The minimum atomic E-state index is -0.295. The van der Waals surface area contributed by atoms with Crippen LogP contribution in [-0.4, -0.2) is 37.7 Å². The summed E-state index contributed by atoms with van der Waals surface area (Å²) in [6.45, 7) is 4.82. The average Bonchev–Trinajstić information content (AvgIpc) is 2.87. The predicted octanol–water partition coefficient (Wildman–Crippen LogP) is 5.35. The Morgan fingerprint density at radius 2 is 2.00 bits per heavy atom. The molecule has 0 N–H and O–H groups in total. The molecule has 0 spiro atoms. The Morgan fingerprint density at radius 3 is 2.77 bits per heavy atom. The molecule has 0 atom stereocenters. The fourth-order valence-electron chi connectivity index (χ4n) is 4.74. The molecule has 0 amide bonds. The Balaban J connectivity index is 1.43. The zero-order valence-electron chi connectivity index (χ0n) is 20.7. The molecule has 5 nitrogen and oxygen atoms in total. The molecule has 35 heavy (non-hydrogen) atoms. The Kier molecular flexibility index (Phi) is 8.35. The Labute approximate surface area is 207 Å². The standard InChI is InChI=1S/C29H34FN3O2/c1-3-35-29(34)15-13-22-12-14-25(20-27(22)30)32(2)21-23-8-6-11-28-26(23)10-7-18-33(28)19-16-24-9-4-5-17-31-24/h4-6,8-9,11-12,14,17,20H,3,7,10,13,15-16,18-19,21H2,1-2H3. The fraction of sp³-hybridized carbons (Fsp3) is 0.379. The summed E-state index contributed by atoms with van der Waals surface area (Å²) < 4.78 is 19.7. The van der Waals surface area contributed by atoms with E-state index in [1.54, 1.807) is 19.1 Å². The van der Waals surface area contributed by atoms with Gasteiger partial charge in [0.15, 0.2) is 0 Å². The molecule has 0 saturated heterocycles. The Morgan fingerprint density at radius 1 is 1.11 bits per heavy atom. The molecule has 4 rings (SSSR count). The molecular formula is C29H34FN3O2. The number of esters is 1. The molecule has 2 aromatic carbocycles. The number of aromatic nitrogens is 1. The van der Waals surface area contributed by atoms with E-state index in [4.69, 9.17) is 4.74 Å². The van der Waals surface area contributed by atoms with Gasteiger partial charge >= 0.3 is 5.97 Å². The van der Waals surface area contributed by atoms with Crippen LogP contribution in [0.5, 0.6) is 0 Å². The highest BCUT2D eigenvalue weighted by molar-refractivity contribution is 5.69. The van der Waals surface area contributed by atoms with Crippen LogP contribution in [0.1, 0.15) is 42.1 Å². The van der Waals surface area contributed by atoms with Gasteiger partial charge in [0.05, 0.1) is 6.61 Å². The number of halogens is 1. The summed E-state index contributed by atoms with van der Waals surface area (Å²) in [4.78, 5) is 20.6. The van der Waals surface area contributed by atoms with E-state index in [0.717, 1.165) is 43.7 Å². The third-order valence-corrected chi connectivity index (χ3v) is 6.60. The first-order chi connectivity index (χ1) is 17.0. The third kappa shape index (κ3) is 6.38. The minimum Gasteiger partial charge on any atom is -0.466 e. The van der Waals surface area contributed by atoms with Crippen molar-refractivity contribution in [3.05, 3.63) is 89.0 Å². The minimum absolute atomic E-state index is 0.187. The lowest BCUT2D eigenvalue weighted by Crippen LogP contribution is -2.32. The molecule has 6 heteroatoms. The van der Waals surface area contributed by atoms with Crippen LogP contribution in [0.25, 0.3) is 0 Å². The monoisotopic (exact) mass is 475 g/mol. The number of carbonyl (C=O) groups excluding carboxylic acids is 1. The normalized spacial score (nSPS) is 12.8. The van der Waals surface area contributed by atoms with Crippen molar-refractivity contribution in [1.29, 1.82) is 0 Å². The van der Waals surface area contributed by atoms with Crippen molar-refractivity contribution in [3.8, 4) is 0 Å². The van der Waals surface area contributed by atoms with Crippen molar-refractivity contribution in [2.24, 2.45) is 0 Å². The molecule has 0 aliphatic carbocycles. The van der Waals surface area contributed by atoms with Crippen molar-refractivity contribution in [1.82, 2.24) is 4.98 Å². The quantitative estimate of drug-likeness (QED) is 0.370. The molecule has 1 aliphatic heterocycles. The van der Waals surface area contributed by atoms with E-state index in [-0.39, 0.29) is 18.2 Å². The smallest absolute Gasteiger partial charge is 0.306 e. The number of ether oxygens (including phenoxy) is 1. The SMILES string of the molecule is CCOC(=O)CCc1ccc(N(C)Cc2cccc3c2CCCN3CCc2ccccn2)cc1F. The van der Waals surface area contributed by atoms with Crippen LogP contribution >= 0.6 is 0 Å². The highest BCUT2D eigenvalue weighted by Gasteiger charge is 2.20. The summed E-state index contributed by atoms with van der Waals surface area (Å²) in [5.41, 5.74) is 6.44. The summed E-state index contributed by atoms with van der Waals surface area (Å²) in [6.07, 6.45) is 5.48. The first-order valence-electron chi connectivity index (χ1n) is 12.5. The number of rotatable bonds is 10. The fourth-order valence-corrected chi connectivity index (χ4v) is 4.74. The van der Waals surface area contributed by atoms with Crippen LogP contribution in [0.4, 0.5) is 15.8 Å². The van der Waals surface area contributed by atoms with Crippen LogP contribution in [0.3, 0.4) is 0 Å². The molecule has 3 aromatic rings. The van der Waals surface area contributed by atoms with Gasteiger partial charge in [0, 0.05) is 62.8 Å². The van der Waals surface area contributed by atoms with Gasteiger partial charge in [-0.2, -0.15) is 0 Å². The third-order valence-electron chi connectivity index (χ3n) is 6.60. The second-order valence-electron chi connectivity index (χ2n) is 9.01. The van der Waals surface area contributed by atoms with Crippen molar-refractivity contribution in [2.75, 3.05) is 36.5 Å². The van der Waals surface area contributed by atoms with E-state index in [0.29, 0.717) is 25.1 Å². The Hall–Kier alpha value is -3.41. The molecule has 0 unspecified atom stereocenters. The summed E-state index contributed by atoms with van der Waals surface area (Å²) in [5.74, 6) is -0.578. The van der Waals surface area contributed by atoms with Crippen LogP contribution in [0.15, 0.2) is 60.8 Å². The van der Waals surface area contributed by atoms with Crippen molar-refractivity contribution >= 4 is 17.3 Å². The lowest BCUT2D eigenvalue weighted by atomic mass is 9.95. The lowest BCUT2D eigenvalue weighted by Gasteiger charge is -2.33. The maximum absolute atomic E-state index is 14.7. The first kappa shape index (κ1) is 24.7. The van der Waals surface area contributed by atoms with Gasteiger partial charge in [-0.25, -0.2) is 4.39 Å². The van der Waals surface area contributed by atoms with E-state index in [2.05, 4.69) is 39.0 Å². The van der Waals surface area contributed by atoms with Crippen molar-refractivity contribution < 1.29 is 13.9 Å². The largest absolute Gasteiger partial charge is 0.466 e. The number of hydrogen-bond acceptors (Lipinski definition) is 5. The second-order valence-corrected chi connectivity index (χ2v) is 9.01. The van der Waals surface area contributed by atoms with Gasteiger partial charge in [-0.3, -0.25) is 9.78 Å². The van der Waals surface area contributed by atoms with Gasteiger partial charge in [0.1, 0.15) is 5.82 Å². The number of hydrogen-bond donors (Lipinski definition) is 0. The number of nitrogens with zero attached hydrogens (tertiary/aromatic N) is 3. The van der Waals surface area contributed by atoms with Gasteiger partial charge in [0.2, 0.25) is 0 Å². The van der Waals surface area contributed by atoms with Crippen LogP contribution < -0.4 is 9.80 Å². The molecule has 0 fully saturated rings. The van der Waals surface area contributed by atoms with Gasteiger partial charge in [0.25, 0.3) is 0 Å². The maximum Gasteiger partial charge on any atom is 0.306 e. The number of benzene rings is 2. The number of pyridine rings is 1. The molecule has 0 radical (unpaired) electrons. The zero-order chi connectivity index (χ0) is 24.6. The molecule has 2 heterocycles. The van der Waals surface area contributed by atoms with E-state index in [1.807, 2.05) is 31.4 Å².